The molecule has 0 unspecified atom stereocenters. The minimum Gasteiger partial charge on any atom is -0.493 e. The van der Waals surface area contributed by atoms with Gasteiger partial charge >= 0.3 is 0 Å². The molecule has 0 N–H and O–H groups in total. The molecule has 0 fully saturated rings. The average Bonchev–Trinajstić information content (AvgIpc) is 2.65. The number of pyridine rings is 1. The first kappa shape index (κ1) is 17.0. The minimum atomic E-state index is -0.210. The van der Waals surface area contributed by atoms with Gasteiger partial charge in [0, 0.05) is 5.39 Å². The van der Waals surface area contributed by atoms with Crippen molar-refractivity contribution < 1.29 is 14.3 Å². The topological polar surface area (TPSA) is 48.4 Å². The Morgan fingerprint density at radius 3 is 2.56 bits per heavy atom. The van der Waals surface area contributed by atoms with E-state index in [1.807, 2.05) is 30.3 Å². The average molecular weight is 354 g/mol. The molecule has 0 spiro atoms. The SMILES string of the molecule is COc1ccc(/C=C/C(=O)c2cc3ccccc3nc2Cl)cc1OC. The van der Waals surface area contributed by atoms with E-state index < -0.39 is 0 Å². The van der Waals surface area contributed by atoms with Crippen molar-refractivity contribution in [3.8, 4) is 11.5 Å². The highest BCUT2D eigenvalue weighted by atomic mass is 35.5. The lowest BCUT2D eigenvalue weighted by Crippen LogP contribution is -1.98. The van der Waals surface area contributed by atoms with E-state index in [1.165, 1.54) is 6.08 Å². The lowest BCUT2D eigenvalue weighted by atomic mass is 10.1. The predicted octanol–water partition coefficient (Wildman–Crippen LogP) is 4.80. The lowest BCUT2D eigenvalue weighted by Gasteiger charge is -2.07. The van der Waals surface area contributed by atoms with Crippen LogP contribution in [0.3, 0.4) is 0 Å². The molecule has 0 saturated heterocycles. The van der Waals surface area contributed by atoms with E-state index >= 15 is 0 Å². The molecule has 2 aromatic carbocycles. The molecule has 126 valence electrons. The molecule has 0 saturated carbocycles. The summed E-state index contributed by atoms with van der Waals surface area (Å²) in [5.74, 6) is 1.02. The van der Waals surface area contributed by atoms with Crippen LogP contribution in [0.4, 0.5) is 0 Å². The maximum Gasteiger partial charge on any atom is 0.188 e. The van der Waals surface area contributed by atoms with Crippen molar-refractivity contribution in [1.29, 1.82) is 0 Å². The Morgan fingerprint density at radius 2 is 1.80 bits per heavy atom. The predicted molar refractivity (Wildman–Crippen MR) is 99.7 cm³/mol. The van der Waals surface area contributed by atoms with Crippen molar-refractivity contribution in [2.45, 2.75) is 0 Å². The summed E-state index contributed by atoms with van der Waals surface area (Å²) in [7, 11) is 3.14. The molecule has 25 heavy (non-hydrogen) atoms. The number of rotatable bonds is 5. The second-order valence-electron chi connectivity index (χ2n) is 5.33. The van der Waals surface area contributed by atoms with Crippen molar-refractivity contribution in [1.82, 2.24) is 4.98 Å². The van der Waals surface area contributed by atoms with Gasteiger partial charge in [-0.3, -0.25) is 4.79 Å². The molecule has 0 bridgehead atoms. The standard InChI is InChI=1S/C20H16ClNO3/c1-24-18-10-8-13(11-19(18)25-2)7-9-17(23)15-12-14-5-3-4-6-16(14)22-20(15)21/h3-12H,1-2H3/b9-7+. The highest BCUT2D eigenvalue weighted by molar-refractivity contribution is 6.34. The maximum atomic E-state index is 12.5. The van der Waals surface area contributed by atoms with Crippen LogP contribution in [0.15, 0.2) is 54.6 Å². The number of allylic oxidation sites excluding steroid dienone is 1. The number of carbonyl (C=O) groups excluding carboxylic acids is 1. The monoisotopic (exact) mass is 353 g/mol. The highest BCUT2D eigenvalue weighted by Crippen LogP contribution is 2.28. The van der Waals surface area contributed by atoms with Crippen molar-refractivity contribution in [3.63, 3.8) is 0 Å². The van der Waals surface area contributed by atoms with Gasteiger partial charge < -0.3 is 9.47 Å². The zero-order valence-corrected chi connectivity index (χ0v) is 14.6. The normalized spacial score (nSPS) is 11.0. The summed E-state index contributed by atoms with van der Waals surface area (Å²) >= 11 is 6.16. The van der Waals surface area contributed by atoms with Crippen LogP contribution in [0.2, 0.25) is 5.15 Å². The number of nitrogens with zero attached hydrogens (tertiary/aromatic N) is 1. The molecule has 1 aromatic heterocycles. The van der Waals surface area contributed by atoms with Gasteiger partial charge in [-0.15, -0.1) is 0 Å². The maximum absolute atomic E-state index is 12.5. The molecule has 0 radical (unpaired) electrons. The van der Waals surface area contributed by atoms with Gasteiger partial charge in [0.05, 0.1) is 25.3 Å². The number of carbonyl (C=O) groups is 1. The first-order chi connectivity index (χ1) is 12.1. The van der Waals surface area contributed by atoms with Crippen LogP contribution >= 0.6 is 11.6 Å². The molecule has 5 heteroatoms. The molecular formula is C20H16ClNO3. The van der Waals surface area contributed by atoms with Gasteiger partial charge in [-0.25, -0.2) is 4.98 Å². The second-order valence-corrected chi connectivity index (χ2v) is 5.69. The van der Waals surface area contributed by atoms with Gasteiger partial charge in [-0.2, -0.15) is 0 Å². The van der Waals surface area contributed by atoms with Crippen LogP contribution in [0.25, 0.3) is 17.0 Å². The zero-order valence-electron chi connectivity index (χ0n) is 13.8. The van der Waals surface area contributed by atoms with Crippen molar-refractivity contribution in [2.24, 2.45) is 0 Å². The number of ether oxygens (including phenoxy) is 2. The van der Waals surface area contributed by atoms with E-state index in [1.54, 1.807) is 38.5 Å². The number of fused-ring (bicyclic) bond motifs is 1. The lowest BCUT2D eigenvalue weighted by molar-refractivity contribution is 0.104. The van der Waals surface area contributed by atoms with E-state index in [0.29, 0.717) is 17.1 Å². The molecule has 1 heterocycles. The van der Waals surface area contributed by atoms with E-state index in [4.69, 9.17) is 21.1 Å². The summed E-state index contributed by atoms with van der Waals surface area (Å²) in [4.78, 5) is 16.8. The molecule has 0 amide bonds. The third-order valence-corrected chi connectivity index (χ3v) is 4.07. The van der Waals surface area contributed by atoms with Crippen LogP contribution in [0.1, 0.15) is 15.9 Å². The quantitative estimate of drug-likeness (QED) is 0.375. The van der Waals surface area contributed by atoms with Crippen LogP contribution in [0, 0.1) is 0 Å². The third kappa shape index (κ3) is 3.64. The van der Waals surface area contributed by atoms with E-state index in [2.05, 4.69) is 4.98 Å². The van der Waals surface area contributed by atoms with Crippen molar-refractivity contribution >= 4 is 34.4 Å². The summed E-state index contributed by atoms with van der Waals surface area (Å²) in [5.41, 5.74) is 1.95. The Morgan fingerprint density at radius 1 is 1.04 bits per heavy atom. The summed E-state index contributed by atoms with van der Waals surface area (Å²) in [5, 5.41) is 1.07. The van der Waals surface area contributed by atoms with Crippen LogP contribution in [-0.4, -0.2) is 25.0 Å². The molecule has 0 atom stereocenters. The number of ketones is 1. The number of aromatic nitrogens is 1. The number of para-hydroxylation sites is 1. The van der Waals surface area contributed by atoms with Gasteiger partial charge in [0.15, 0.2) is 17.3 Å². The van der Waals surface area contributed by atoms with Gasteiger partial charge in [-0.05, 0) is 35.9 Å². The van der Waals surface area contributed by atoms with E-state index in [-0.39, 0.29) is 10.9 Å². The van der Waals surface area contributed by atoms with Gasteiger partial charge in [0.25, 0.3) is 0 Å². The number of benzene rings is 2. The van der Waals surface area contributed by atoms with Crippen LogP contribution < -0.4 is 9.47 Å². The summed E-state index contributed by atoms with van der Waals surface area (Å²) in [6, 6.07) is 14.7. The molecule has 0 aliphatic carbocycles. The minimum absolute atomic E-state index is 0.195. The smallest absolute Gasteiger partial charge is 0.188 e. The molecule has 4 nitrogen and oxygen atoms in total. The fourth-order valence-corrected chi connectivity index (χ4v) is 2.72. The molecular weight excluding hydrogens is 338 g/mol. The second kappa shape index (κ2) is 7.36. The Hall–Kier alpha value is -2.85. The van der Waals surface area contributed by atoms with Gasteiger partial charge in [0.1, 0.15) is 5.15 Å². The van der Waals surface area contributed by atoms with Gasteiger partial charge in [0.2, 0.25) is 0 Å². The fourth-order valence-electron chi connectivity index (χ4n) is 2.48. The Bertz CT molecular complexity index is 966. The largest absolute Gasteiger partial charge is 0.493 e. The summed E-state index contributed by atoms with van der Waals surface area (Å²) < 4.78 is 10.5. The summed E-state index contributed by atoms with van der Waals surface area (Å²) in [6.45, 7) is 0. The van der Waals surface area contributed by atoms with E-state index in [9.17, 15) is 4.79 Å². The third-order valence-electron chi connectivity index (χ3n) is 3.78. The zero-order chi connectivity index (χ0) is 17.8. The number of methoxy groups -OCH3 is 2. The number of halogens is 1. The van der Waals surface area contributed by atoms with Crippen molar-refractivity contribution in [2.75, 3.05) is 14.2 Å². The van der Waals surface area contributed by atoms with Gasteiger partial charge in [-0.1, -0.05) is 41.9 Å². The van der Waals surface area contributed by atoms with Crippen molar-refractivity contribution in [3.05, 3.63) is 70.9 Å². The highest BCUT2D eigenvalue weighted by Gasteiger charge is 2.11. The summed E-state index contributed by atoms with van der Waals surface area (Å²) in [6.07, 6.45) is 3.18. The molecule has 0 aliphatic rings. The van der Waals surface area contributed by atoms with Crippen LogP contribution in [-0.2, 0) is 0 Å². The first-order valence-corrected chi connectivity index (χ1v) is 8.00. The Kier molecular flexibility index (Phi) is 5.00. The Balaban J connectivity index is 1.89. The number of hydrogen-bond acceptors (Lipinski definition) is 4. The first-order valence-electron chi connectivity index (χ1n) is 7.62. The van der Waals surface area contributed by atoms with E-state index in [0.717, 1.165) is 16.5 Å². The molecule has 0 aliphatic heterocycles. The Labute approximate surface area is 150 Å². The van der Waals surface area contributed by atoms with Crippen LogP contribution in [0.5, 0.6) is 11.5 Å². The number of hydrogen-bond donors (Lipinski definition) is 0. The fraction of sp³-hybridized carbons (Fsp3) is 0.100. The molecule has 3 rings (SSSR count). The molecule has 3 aromatic rings.